The summed E-state index contributed by atoms with van der Waals surface area (Å²) in [5.41, 5.74) is 1.13. The van der Waals surface area contributed by atoms with Crippen molar-refractivity contribution in [1.82, 2.24) is 0 Å². The number of rotatable bonds is 3. The number of hydrogen-bond acceptors (Lipinski definition) is 3. The Morgan fingerprint density at radius 3 is 2.62 bits per heavy atom. The van der Waals surface area contributed by atoms with Gasteiger partial charge in [0.2, 0.25) is 0 Å². The molecule has 0 fully saturated rings. The number of fused-ring (bicyclic) bond motifs is 1. The first kappa shape index (κ1) is 13.7. The second-order valence-electron chi connectivity index (χ2n) is 5.55. The van der Waals surface area contributed by atoms with Crippen LogP contribution in [0.15, 0.2) is 54.6 Å². The average molecular weight is 279 g/mol. The van der Waals surface area contributed by atoms with Crippen LogP contribution in [0.25, 0.3) is 0 Å². The molecule has 0 saturated heterocycles. The molecule has 2 aromatic carbocycles. The molecule has 0 aliphatic carbocycles. The van der Waals surface area contributed by atoms with Crippen LogP contribution in [-0.4, -0.2) is 17.8 Å². The predicted octanol–water partition coefficient (Wildman–Crippen LogP) is 2.74. The molecule has 1 N–H and O–H groups in total. The molecular weight excluding hydrogens is 262 g/mol. The van der Waals surface area contributed by atoms with Crippen molar-refractivity contribution in [3.8, 4) is 11.8 Å². The van der Waals surface area contributed by atoms with E-state index in [0.717, 1.165) is 16.9 Å². The third-order valence-corrected chi connectivity index (χ3v) is 4.10. The van der Waals surface area contributed by atoms with Gasteiger partial charge in [-0.05, 0) is 17.2 Å². The summed E-state index contributed by atoms with van der Waals surface area (Å²) >= 11 is 0. The van der Waals surface area contributed by atoms with Crippen LogP contribution in [0, 0.1) is 16.7 Å². The van der Waals surface area contributed by atoms with Gasteiger partial charge in [-0.1, -0.05) is 48.5 Å². The number of hydrogen-bond donors (Lipinski definition) is 1. The maximum absolute atomic E-state index is 10.6. The Morgan fingerprint density at radius 1 is 1.14 bits per heavy atom. The molecule has 106 valence electrons. The first-order valence-corrected chi connectivity index (χ1v) is 7.07. The summed E-state index contributed by atoms with van der Waals surface area (Å²) in [6.45, 7) is 0.231. The van der Waals surface area contributed by atoms with E-state index in [-0.39, 0.29) is 6.61 Å². The molecule has 3 nitrogen and oxygen atoms in total. The second-order valence-corrected chi connectivity index (χ2v) is 5.55. The van der Waals surface area contributed by atoms with Gasteiger partial charge in [-0.15, -0.1) is 0 Å². The van der Waals surface area contributed by atoms with Crippen molar-refractivity contribution < 1.29 is 9.84 Å². The highest BCUT2D eigenvalue weighted by Crippen LogP contribution is 2.37. The summed E-state index contributed by atoms with van der Waals surface area (Å²) in [5.74, 6) is 0.815. The molecule has 0 radical (unpaired) electrons. The molecule has 0 spiro atoms. The van der Waals surface area contributed by atoms with E-state index >= 15 is 0 Å². The van der Waals surface area contributed by atoms with E-state index in [4.69, 9.17) is 4.74 Å². The molecule has 21 heavy (non-hydrogen) atoms. The van der Waals surface area contributed by atoms with Crippen molar-refractivity contribution in [1.29, 1.82) is 5.26 Å². The number of aliphatic hydroxyl groups excluding tert-OH is 1. The molecule has 1 heterocycles. The number of ether oxygens (including phenoxy) is 1. The van der Waals surface area contributed by atoms with E-state index in [0.29, 0.717) is 12.8 Å². The Kier molecular flexibility index (Phi) is 3.64. The average Bonchev–Trinajstić information content (AvgIpc) is 2.55. The van der Waals surface area contributed by atoms with Gasteiger partial charge in [0.25, 0.3) is 0 Å². The van der Waals surface area contributed by atoms with Crippen LogP contribution in [0.4, 0.5) is 0 Å². The standard InChI is InChI=1S/C18H17NO2/c19-12-18(17(20)10-14-6-2-1-3-7-14)11-15-8-4-5-9-16(15)21-13-18/h1-9,17,20H,10-11,13H2. The molecule has 0 aromatic heterocycles. The van der Waals surface area contributed by atoms with Crippen LogP contribution >= 0.6 is 0 Å². The molecule has 1 aliphatic heterocycles. The van der Waals surface area contributed by atoms with Gasteiger partial charge in [0, 0.05) is 12.8 Å². The Balaban J connectivity index is 1.84. The third kappa shape index (κ3) is 2.63. The smallest absolute Gasteiger partial charge is 0.122 e. The Bertz CT molecular complexity index is 662. The maximum Gasteiger partial charge on any atom is 0.122 e. The van der Waals surface area contributed by atoms with Gasteiger partial charge < -0.3 is 9.84 Å². The summed E-state index contributed by atoms with van der Waals surface area (Å²) in [6.07, 6.45) is 0.228. The zero-order valence-corrected chi connectivity index (χ0v) is 11.7. The third-order valence-electron chi connectivity index (χ3n) is 4.10. The lowest BCUT2D eigenvalue weighted by Crippen LogP contribution is -2.44. The lowest BCUT2D eigenvalue weighted by Gasteiger charge is -2.36. The lowest BCUT2D eigenvalue weighted by atomic mass is 9.75. The van der Waals surface area contributed by atoms with Crippen LogP contribution in [0.5, 0.6) is 5.75 Å². The van der Waals surface area contributed by atoms with Crippen molar-refractivity contribution in [3.05, 3.63) is 65.7 Å². The Hall–Kier alpha value is -2.31. The van der Waals surface area contributed by atoms with Crippen molar-refractivity contribution in [2.45, 2.75) is 18.9 Å². The van der Waals surface area contributed by atoms with Gasteiger partial charge in [0.15, 0.2) is 0 Å². The molecule has 0 saturated carbocycles. The highest BCUT2D eigenvalue weighted by Gasteiger charge is 2.42. The van der Waals surface area contributed by atoms with E-state index < -0.39 is 11.5 Å². The summed E-state index contributed by atoms with van der Waals surface area (Å²) < 4.78 is 5.71. The summed E-state index contributed by atoms with van der Waals surface area (Å²) in [7, 11) is 0. The topological polar surface area (TPSA) is 53.2 Å². The fourth-order valence-electron chi connectivity index (χ4n) is 2.78. The zero-order chi connectivity index (χ0) is 14.7. The van der Waals surface area contributed by atoms with Crippen molar-refractivity contribution in [3.63, 3.8) is 0 Å². The van der Waals surface area contributed by atoms with E-state index in [2.05, 4.69) is 6.07 Å². The SMILES string of the molecule is N#CC1(C(O)Cc2ccccc2)COc2ccccc2C1. The molecule has 2 atom stereocenters. The quantitative estimate of drug-likeness (QED) is 0.940. The maximum atomic E-state index is 10.6. The fraction of sp³-hybridized carbons (Fsp3) is 0.278. The summed E-state index contributed by atoms with van der Waals surface area (Å²) in [4.78, 5) is 0. The van der Waals surface area contributed by atoms with Gasteiger partial charge in [0.05, 0.1) is 12.2 Å². The van der Waals surface area contributed by atoms with Gasteiger partial charge in [-0.3, -0.25) is 0 Å². The van der Waals surface area contributed by atoms with E-state index in [1.165, 1.54) is 0 Å². The Morgan fingerprint density at radius 2 is 1.86 bits per heavy atom. The number of nitriles is 1. The number of para-hydroxylation sites is 1. The van der Waals surface area contributed by atoms with Gasteiger partial charge in [0.1, 0.15) is 17.8 Å². The van der Waals surface area contributed by atoms with Crippen molar-refractivity contribution in [2.24, 2.45) is 5.41 Å². The fourth-order valence-corrected chi connectivity index (χ4v) is 2.78. The monoisotopic (exact) mass is 279 g/mol. The van der Waals surface area contributed by atoms with E-state index in [1.807, 2.05) is 54.6 Å². The number of benzene rings is 2. The molecule has 3 heteroatoms. The largest absolute Gasteiger partial charge is 0.492 e. The molecule has 3 rings (SSSR count). The van der Waals surface area contributed by atoms with Gasteiger partial charge in [-0.2, -0.15) is 5.26 Å². The number of aliphatic hydroxyl groups is 1. The highest BCUT2D eigenvalue weighted by atomic mass is 16.5. The van der Waals surface area contributed by atoms with Crippen molar-refractivity contribution in [2.75, 3.05) is 6.61 Å². The predicted molar refractivity (Wildman–Crippen MR) is 79.8 cm³/mol. The van der Waals surface area contributed by atoms with Gasteiger partial charge >= 0.3 is 0 Å². The highest BCUT2D eigenvalue weighted by molar-refractivity contribution is 5.38. The number of nitrogens with zero attached hydrogens (tertiary/aromatic N) is 1. The minimum absolute atomic E-state index is 0.231. The zero-order valence-electron chi connectivity index (χ0n) is 11.7. The van der Waals surface area contributed by atoms with Crippen LogP contribution < -0.4 is 4.74 Å². The first-order valence-electron chi connectivity index (χ1n) is 7.07. The lowest BCUT2D eigenvalue weighted by molar-refractivity contribution is 0.0190. The molecule has 0 bridgehead atoms. The minimum Gasteiger partial charge on any atom is -0.492 e. The Labute approximate surface area is 124 Å². The van der Waals surface area contributed by atoms with Crippen LogP contribution in [0.2, 0.25) is 0 Å². The van der Waals surface area contributed by atoms with Crippen LogP contribution in [-0.2, 0) is 12.8 Å². The molecule has 2 unspecified atom stereocenters. The molecule has 1 aliphatic rings. The summed E-state index contributed by atoms with van der Waals surface area (Å²) in [6, 6.07) is 19.8. The normalized spacial score (nSPS) is 21.7. The van der Waals surface area contributed by atoms with Crippen molar-refractivity contribution >= 4 is 0 Å². The second kappa shape index (κ2) is 5.59. The van der Waals surface area contributed by atoms with E-state index in [9.17, 15) is 10.4 Å². The minimum atomic E-state index is -0.885. The van der Waals surface area contributed by atoms with E-state index in [1.54, 1.807) is 0 Å². The molecule has 0 amide bonds. The first-order chi connectivity index (χ1) is 10.2. The van der Waals surface area contributed by atoms with Gasteiger partial charge in [-0.25, -0.2) is 0 Å². The molecular formula is C18H17NO2. The van der Waals surface area contributed by atoms with Crippen LogP contribution in [0.3, 0.4) is 0 Å². The summed E-state index contributed by atoms with van der Waals surface area (Å²) in [5, 5.41) is 20.2. The van der Waals surface area contributed by atoms with Crippen LogP contribution in [0.1, 0.15) is 11.1 Å². The molecule has 2 aromatic rings.